The van der Waals surface area contributed by atoms with Gasteiger partial charge in [-0.15, -0.1) is 0 Å². The second-order valence-electron chi connectivity index (χ2n) is 6.57. The van der Waals surface area contributed by atoms with Crippen LogP contribution in [0.2, 0.25) is 0 Å². The molecule has 1 atom stereocenters. The Hall–Kier alpha value is -1.64. The standard InChI is InChI=1S/C17H24N2O/c1-13-9-15(11-18-10-13)5-6-16(20)19-8-7-14(2)17(3,4)12-19/h5-6,9-11,14H,7-8,12H2,1-4H3. The Morgan fingerprint density at radius 3 is 2.85 bits per heavy atom. The third kappa shape index (κ3) is 3.47. The summed E-state index contributed by atoms with van der Waals surface area (Å²) >= 11 is 0. The minimum atomic E-state index is 0.103. The first kappa shape index (κ1) is 14.8. The van der Waals surface area contributed by atoms with Gasteiger partial charge in [0.25, 0.3) is 0 Å². The summed E-state index contributed by atoms with van der Waals surface area (Å²) in [4.78, 5) is 18.4. The maximum absolute atomic E-state index is 12.3. The molecule has 0 aliphatic carbocycles. The molecule has 1 saturated heterocycles. The fourth-order valence-electron chi connectivity index (χ4n) is 2.60. The van der Waals surface area contributed by atoms with E-state index in [1.165, 1.54) is 0 Å². The Bertz CT molecular complexity index is 519. The smallest absolute Gasteiger partial charge is 0.246 e. The number of aryl methyl sites for hydroxylation is 1. The van der Waals surface area contributed by atoms with Gasteiger partial charge in [-0.2, -0.15) is 0 Å². The van der Waals surface area contributed by atoms with Crippen LogP contribution in [0.3, 0.4) is 0 Å². The number of rotatable bonds is 2. The summed E-state index contributed by atoms with van der Waals surface area (Å²) in [6.45, 7) is 10.5. The number of carbonyl (C=O) groups is 1. The minimum Gasteiger partial charge on any atom is -0.339 e. The average Bonchev–Trinajstić information content (AvgIpc) is 2.39. The molecule has 1 aromatic rings. The van der Waals surface area contributed by atoms with Crippen molar-refractivity contribution in [2.45, 2.75) is 34.1 Å². The van der Waals surface area contributed by atoms with E-state index in [0.29, 0.717) is 5.92 Å². The van der Waals surface area contributed by atoms with Gasteiger partial charge in [0.2, 0.25) is 5.91 Å². The highest BCUT2D eigenvalue weighted by Gasteiger charge is 2.34. The van der Waals surface area contributed by atoms with E-state index in [1.807, 2.05) is 30.2 Å². The third-order valence-corrected chi connectivity index (χ3v) is 4.39. The van der Waals surface area contributed by atoms with Gasteiger partial charge in [0, 0.05) is 31.6 Å². The summed E-state index contributed by atoms with van der Waals surface area (Å²) in [6, 6.07) is 2.03. The Morgan fingerprint density at radius 2 is 2.20 bits per heavy atom. The maximum atomic E-state index is 12.3. The van der Waals surface area contributed by atoms with Gasteiger partial charge in [-0.3, -0.25) is 9.78 Å². The molecule has 1 aliphatic rings. The zero-order valence-corrected chi connectivity index (χ0v) is 12.9. The van der Waals surface area contributed by atoms with Crippen LogP contribution >= 0.6 is 0 Å². The molecule has 1 aromatic heterocycles. The average molecular weight is 272 g/mol. The van der Waals surface area contributed by atoms with E-state index in [-0.39, 0.29) is 11.3 Å². The fourth-order valence-corrected chi connectivity index (χ4v) is 2.60. The van der Waals surface area contributed by atoms with Crippen molar-refractivity contribution in [1.82, 2.24) is 9.88 Å². The lowest BCUT2D eigenvalue weighted by Gasteiger charge is -2.42. The predicted octanol–water partition coefficient (Wildman–Crippen LogP) is 3.30. The molecule has 2 heterocycles. The van der Waals surface area contributed by atoms with Gasteiger partial charge in [-0.05, 0) is 47.9 Å². The van der Waals surface area contributed by atoms with Crippen LogP contribution in [-0.4, -0.2) is 28.9 Å². The van der Waals surface area contributed by atoms with E-state index < -0.39 is 0 Å². The first-order valence-electron chi connectivity index (χ1n) is 7.27. The van der Waals surface area contributed by atoms with Crippen molar-refractivity contribution in [2.75, 3.05) is 13.1 Å². The van der Waals surface area contributed by atoms with Gasteiger partial charge in [-0.1, -0.05) is 20.8 Å². The zero-order chi connectivity index (χ0) is 14.8. The molecule has 1 fully saturated rings. The summed E-state index contributed by atoms with van der Waals surface area (Å²) in [5.41, 5.74) is 2.28. The van der Waals surface area contributed by atoms with E-state index in [0.717, 1.165) is 30.6 Å². The summed E-state index contributed by atoms with van der Waals surface area (Å²) in [7, 11) is 0. The molecule has 1 aliphatic heterocycles. The van der Waals surface area contributed by atoms with Crippen LogP contribution in [0, 0.1) is 18.3 Å². The molecular weight excluding hydrogens is 248 g/mol. The molecule has 0 bridgehead atoms. The Kier molecular flexibility index (Phi) is 4.26. The fraction of sp³-hybridized carbons (Fsp3) is 0.529. The Morgan fingerprint density at radius 1 is 1.45 bits per heavy atom. The highest BCUT2D eigenvalue weighted by atomic mass is 16.2. The quantitative estimate of drug-likeness (QED) is 0.774. The molecule has 3 heteroatoms. The molecule has 0 aromatic carbocycles. The van der Waals surface area contributed by atoms with Crippen LogP contribution < -0.4 is 0 Å². The highest BCUT2D eigenvalue weighted by Crippen LogP contribution is 2.34. The lowest BCUT2D eigenvalue weighted by atomic mass is 9.75. The monoisotopic (exact) mass is 272 g/mol. The normalized spacial score (nSPS) is 22.2. The molecule has 0 spiro atoms. The molecule has 108 valence electrons. The predicted molar refractivity (Wildman–Crippen MR) is 82.2 cm³/mol. The highest BCUT2D eigenvalue weighted by molar-refractivity contribution is 5.91. The van der Waals surface area contributed by atoms with Crippen LogP contribution in [0.4, 0.5) is 0 Å². The first-order valence-corrected chi connectivity index (χ1v) is 7.27. The summed E-state index contributed by atoms with van der Waals surface area (Å²) in [6.07, 6.45) is 8.20. The van der Waals surface area contributed by atoms with E-state index in [9.17, 15) is 4.79 Å². The van der Waals surface area contributed by atoms with Crippen molar-refractivity contribution in [1.29, 1.82) is 0 Å². The summed E-state index contributed by atoms with van der Waals surface area (Å²) in [5, 5.41) is 0. The van der Waals surface area contributed by atoms with Crippen LogP contribution in [0.15, 0.2) is 24.5 Å². The summed E-state index contributed by atoms with van der Waals surface area (Å²) in [5.74, 6) is 0.767. The molecule has 1 amide bonds. The van der Waals surface area contributed by atoms with Crippen molar-refractivity contribution < 1.29 is 4.79 Å². The molecule has 2 rings (SSSR count). The van der Waals surface area contributed by atoms with Gasteiger partial charge in [0.05, 0.1) is 0 Å². The van der Waals surface area contributed by atoms with Crippen molar-refractivity contribution in [2.24, 2.45) is 11.3 Å². The van der Waals surface area contributed by atoms with Gasteiger partial charge >= 0.3 is 0 Å². The Balaban J connectivity index is 2.02. The molecule has 1 unspecified atom stereocenters. The van der Waals surface area contributed by atoms with E-state index in [2.05, 4.69) is 25.8 Å². The number of likely N-dealkylation sites (tertiary alicyclic amines) is 1. The number of hydrogen-bond donors (Lipinski definition) is 0. The van der Waals surface area contributed by atoms with Gasteiger partial charge in [0.15, 0.2) is 0 Å². The van der Waals surface area contributed by atoms with E-state index in [4.69, 9.17) is 0 Å². The number of hydrogen-bond acceptors (Lipinski definition) is 2. The number of pyridine rings is 1. The van der Waals surface area contributed by atoms with Crippen molar-refractivity contribution in [3.8, 4) is 0 Å². The van der Waals surface area contributed by atoms with Crippen LogP contribution in [0.1, 0.15) is 38.3 Å². The van der Waals surface area contributed by atoms with Gasteiger partial charge in [-0.25, -0.2) is 0 Å². The van der Waals surface area contributed by atoms with Crippen molar-refractivity contribution in [3.05, 3.63) is 35.7 Å². The molecular formula is C17H24N2O. The number of carbonyl (C=O) groups excluding carboxylic acids is 1. The molecule has 20 heavy (non-hydrogen) atoms. The summed E-state index contributed by atoms with van der Waals surface area (Å²) < 4.78 is 0. The SMILES string of the molecule is Cc1cncc(C=CC(=O)N2CCC(C)C(C)(C)C2)c1. The molecule has 0 saturated carbocycles. The number of amides is 1. The Labute approximate surface area is 121 Å². The minimum absolute atomic E-state index is 0.103. The first-order chi connectivity index (χ1) is 9.38. The lowest BCUT2D eigenvalue weighted by Crippen LogP contribution is -2.46. The maximum Gasteiger partial charge on any atom is 0.246 e. The van der Waals surface area contributed by atoms with Gasteiger partial charge < -0.3 is 4.90 Å². The molecule has 0 N–H and O–H groups in total. The largest absolute Gasteiger partial charge is 0.339 e. The van der Waals surface area contributed by atoms with Crippen molar-refractivity contribution in [3.63, 3.8) is 0 Å². The lowest BCUT2D eigenvalue weighted by molar-refractivity contribution is -0.130. The number of nitrogens with zero attached hydrogens (tertiary/aromatic N) is 2. The topological polar surface area (TPSA) is 33.2 Å². The van der Waals surface area contributed by atoms with E-state index in [1.54, 1.807) is 12.3 Å². The second-order valence-corrected chi connectivity index (χ2v) is 6.57. The van der Waals surface area contributed by atoms with Crippen LogP contribution in [-0.2, 0) is 4.79 Å². The second kappa shape index (κ2) is 5.78. The van der Waals surface area contributed by atoms with E-state index >= 15 is 0 Å². The zero-order valence-electron chi connectivity index (χ0n) is 12.9. The molecule has 3 nitrogen and oxygen atoms in total. The third-order valence-electron chi connectivity index (χ3n) is 4.39. The number of piperidine rings is 1. The number of aromatic nitrogens is 1. The van der Waals surface area contributed by atoms with Gasteiger partial charge in [0.1, 0.15) is 0 Å². The van der Waals surface area contributed by atoms with Crippen molar-refractivity contribution >= 4 is 12.0 Å². The van der Waals surface area contributed by atoms with Crippen LogP contribution in [0.5, 0.6) is 0 Å². The van der Waals surface area contributed by atoms with Crippen LogP contribution in [0.25, 0.3) is 6.08 Å². The molecule has 0 radical (unpaired) electrons.